The Morgan fingerprint density at radius 3 is 1.83 bits per heavy atom. The van der Waals surface area contributed by atoms with Gasteiger partial charge in [-0.2, -0.15) is 0 Å². The molecule has 6 heteroatoms. The molecule has 1 aliphatic rings. The van der Waals surface area contributed by atoms with E-state index >= 15 is 0 Å². The fraction of sp³-hybridized carbons (Fsp3) is 0.417. The summed E-state index contributed by atoms with van der Waals surface area (Å²) in [6.45, 7) is 9.35. The number of hydrogen-bond acceptors (Lipinski definition) is 4. The Morgan fingerprint density at radius 2 is 1.30 bits per heavy atom. The average Bonchev–Trinajstić information content (AvgIpc) is 2.77. The van der Waals surface area contributed by atoms with Gasteiger partial charge in [-0.05, 0) is 42.5 Å². The van der Waals surface area contributed by atoms with E-state index in [-0.39, 0.29) is 0 Å². The lowest BCUT2D eigenvalue weighted by Crippen LogP contribution is -2.46. The predicted molar refractivity (Wildman–Crippen MR) is 118 cm³/mol. The first-order valence-corrected chi connectivity index (χ1v) is 10.5. The van der Waals surface area contributed by atoms with E-state index in [4.69, 9.17) is 19.8 Å². The van der Waals surface area contributed by atoms with Crippen molar-refractivity contribution >= 4 is 11.9 Å². The molecule has 1 saturated heterocycles. The van der Waals surface area contributed by atoms with Crippen molar-refractivity contribution in [1.29, 1.82) is 0 Å². The Kier molecular flexibility index (Phi) is 10.0. The number of piperazine rings is 1. The first kappa shape index (κ1) is 23.6. The smallest absolute Gasteiger partial charge is 0.414 e. The van der Waals surface area contributed by atoms with Gasteiger partial charge in [0.25, 0.3) is 0 Å². The molecule has 0 saturated carbocycles. The van der Waals surface area contributed by atoms with E-state index in [9.17, 15) is 0 Å². The van der Waals surface area contributed by atoms with E-state index in [0.29, 0.717) is 0 Å². The minimum Gasteiger partial charge on any atom is -0.473 e. The highest BCUT2D eigenvalue weighted by atomic mass is 16.4. The van der Waals surface area contributed by atoms with Crippen molar-refractivity contribution in [3.63, 3.8) is 0 Å². The van der Waals surface area contributed by atoms with Crippen LogP contribution in [-0.4, -0.2) is 64.7 Å². The van der Waals surface area contributed by atoms with Gasteiger partial charge in [0.05, 0.1) is 0 Å². The summed E-state index contributed by atoms with van der Waals surface area (Å²) in [5.74, 6) is -3.65. The van der Waals surface area contributed by atoms with Crippen LogP contribution in [0.25, 0.3) is 0 Å². The lowest BCUT2D eigenvalue weighted by Gasteiger charge is -2.34. The summed E-state index contributed by atoms with van der Waals surface area (Å²) in [5, 5.41) is 14.8. The van der Waals surface area contributed by atoms with Crippen LogP contribution in [0.1, 0.15) is 30.0 Å². The zero-order valence-electron chi connectivity index (χ0n) is 17.7. The van der Waals surface area contributed by atoms with Crippen LogP contribution >= 0.6 is 0 Å². The lowest BCUT2D eigenvalue weighted by atomic mass is 10.1. The normalized spacial score (nSPS) is 14.6. The number of nitrogens with zero attached hydrogens (tertiary/aromatic N) is 2. The van der Waals surface area contributed by atoms with Gasteiger partial charge in [0.15, 0.2) is 0 Å². The number of hydrogen-bond donors (Lipinski definition) is 2. The molecule has 0 atom stereocenters. The molecule has 0 radical (unpaired) electrons. The van der Waals surface area contributed by atoms with E-state index in [1.54, 1.807) is 0 Å². The van der Waals surface area contributed by atoms with Crippen LogP contribution in [0.15, 0.2) is 54.6 Å². The maximum atomic E-state index is 9.10. The van der Waals surface area contributed by atoms with E-state index < -0.39 is 11.9 Å². The van der Waals surface area contributed by atoms with Gasteiger partial charge in [-0.3, -0.25) is 4.90 Å². The molecule has 0 aliphatic carbocycles. The lowest BCUT2D eigenvalue weighted by molar-refractivity contribution is -0.159. The molecule has 2 aromatic carbocycles. The van der Waals surface area contributed by atoms with Gasteiger partial charge in [-0.25, -0.2) is 9.59 Å². The van der Waals surface area contributed by atoms with Crippen molar-refractivity contribution in [3.8, 4) is 0 Å². The van der Waals surface area contributed by atoms with Gasteiger partial charge >= 0.3 is 11.9 Å². The van der Waals surface area contributed by atoms with E-state index in [1.165, 1.54) is 62.3 Å². The number of benzene rings is 2. The molecule has 162 valence electrons. The Labute approximate surface area is 178 Å². The molecule has 30 heavy (non-hydrogen) atoms. The molecule has 0 bridgehead atoms. The van der Waals surface area contributed by atoms with Gasteiger partial charge in [0.1, 0.15) is 0 Å². The van der Waals surface area contributed by atoms with Gasteiger partial charge in [0.2, 0.25) is 0 Å². The number of carboxylic acids is 2. The second-order valence-corrected chi connectivity index (χ2v) is 7.49. The van der Waals surface area contributed by atoms with E-state index in [2.05, 4.69) is 71.3 Å². The molecule has 2 N–H and O–H groups in total. The highest BCUT2D eigenvalue weighted by Crippen LogP contribution is 2.11. The maximum Gasteiger partial charge on any atom is 0.414 e. The maximum absolute atomic E-state index is 9.10. The van der Waals surface area contributed by atoms with Crippen molar-refractivity contribution in [3.05, 3.63) is 71.3 Å². The molecular formula is C24H32N2O4. The summed E-state index contributed by atoms with van der Waals surface area (Å²) < 4.78 is 0. The molecule has 6 nitrogen and oxygen atoms in total. The number of rotatable bonds is 7. The van der Waals surface area contributed by atoms with Crippen molar-refractivity contribution in [1.82, 2.24) is 9.80 Å². The monoisotopic (exact) mass is 412 g/mol. The third-order valence-electron chi connectivity index (χ3n) is 5.27. The fourth-order valence-corrected chi connectivity index (χ4v) is 3.46. The number of aryl methyl sites for hydroxylation is 2. The largest absolute Gasteiger partial charge is 0.473 e. The molecule has 0 aromatic heterocycles. The first-order chi connectivity index (χ1) is 14.5. The number of aliphatic carboxylic acids is 2. The van der Waals surface area contributed by atoms with Crippen LogP contribution in [0.2, 0.25) is 0 Å². The average molecular weight is 413 g/mol. The fourth-order valence-electron chi connectivity index (χ4n) is 3.46. The number of carbonyl (C=O) groups is 2. The second kappa shape index (κ2) is 12.8. The van der Waals surface area contributed by atoms with Gasteiger partial charge in [-0.15, -0.1) is 0 Å². The number of carboxylic acid groups (broad SMARTS) is 2. The van der Waals surface area contributed by atoms with Crippen LogP contribution in [0.3, 0.4) is 0 Å². The molecule has 3 rings (SSSR count). The molecule has 1 fully saturated rings. The molecular weight excluding hydrogens is 380 g/mol. The third-order valence-corrected chi connectivity index (χ3v) is 5.27. The predicted octanol–water partition coefficient (Wildman–Crippen LogP) is 3.16. The summed E-state index contributed by atoms with van der Waals surface area (Å²) in [7, 11) is 0. The van der Waals surface area contributed by atoms with Crippen LogP contribution in [0, 0.1) is 0 Å². The Balaban J connectivity index is 0.000000469. The molecule has 2 aromatic rings. The van der Waals surface area contributed by atoms with Gasteiger partial charge < -0.3 is 15.1 Å². The van der Waals surface area contributed by atoms with Crippen LogP contribution < -0.4 is 0 Å². The standard InChI is InChI=1S/C22H30N2.C2H2O4/c1-2-20-10-12-22(13-11-20)19-24-17-15-23(16-18-24)14-6-9-21-7-4-3-5-8-21;3-1(4)2(5)6/h3-5,7-8,10-13H,2,6,9,14-19H2,1H3;(H,3,4)(H,5,6). The Bertz CT molecular complexity index is 758. The highest BCUT2D eigenvalue weighted by Gasteiger charge is 2.16. The van der Waals surface area contributed by atoms with Crippen LogP contribution in [0.4, 0.5) is 0 Å². The minimum absolute atomic E-state index is 1.10. The Hall–Kier alpha value is -2.70. The van der Waals surface area contributed by atoms with Crippen molar-refractivity contribution < 1.29 is 19.8 Å². The topological polar surface area (TPSA) is 81.1 Å². The molecule has 1 aliphatic heterocycles. The van der Waals surface area contributed by atoms with Crippen molar-refractivity contribution in [2.24, 2.45) is 0 Å². The molecule has 1 heterocycles. The third kappa shape index (κ3) is 8.76. The van der Waals surface area contributed by atoms with Crippen molar-refractivity contribution in [2.75, 3.05) is 32.7 Å². The van der Waals surface area contributed by atoms with E-state index in [1.807, 2.05) is 0 Å². The first-order valence-electron chi connectivity index (χ1n) is 10.5. The second-order valence-electron chi connectivity index (χ2n) is 7.49. The van der Waals surface area contributed by atoms with Gasteiger partial charge in [-0.1, -0.05) is 61.5 Å². The zero-order valence-corrected chi connectivity index (χ0v) is 17.7. The minimum atomic E-state index is -1.82. The molecule has 0 unspecified atom stereocenters. The van der Waals surface area contributed by atoms with Crippen LogP contribution in [0.5, 0.6) is 0 Å². The SMILES string of the molecule is CCc1ccc(CN2CCN(CCCc3ccccc3)CC2)cc1.O=C(O)C(=O)O. The summed E-state index contributed by atoms with van der Waals surface area (Å²) >= 11 is 0. The summed E-state index contributed by atoms with van der Waals surface area (Å²) in [6, 6.07) is 20.0. The summed E-state index contributed by atoms with van der Waals surface area (Å²) in [4.78, 5) is 23.4. The van der Waals surface area contributed by atoms with Crippen LogP contribution in [-0.2, 0) is 29.0 Å². The summed E-state index contributed by atoms with van der Waals surface area (Å²) in [6.07, 6.45) is 3.59. The quantitative estimate of drug-likeness (QED) is 0.680. The van der Waals surface area contributed by atoms with Gasteiger partial charge in [0, 0.05) is 32.7 Å². The highest BCUT2D eigenvalue weighted by molar-refractivity contribution is 6.27. The van der Waals surface area contributed by atoms with E-state index in [0.717, 1.165) is 13.0 Å². The zero-order chi connectivity index (χ0) is 21.8. The van der Waals surface area contributed by atoms with Crippen molar-refractivity contribution in [2.45, 2.75) is 32.7 Å². The molecule has 0 spiro atoms. The summed E-state index contributed by atoms with van der Waals surface area (Å²) in [5.41, 5.74) is 4.35. The Morgan fingerprint density at radius 1 is 0.767 bits per heavy atom. The molecule has 0 amide bonds.